The molecule has 0 aromatic heterocycles. The fourth-order valence-corrected chi connectivity index (χ4v) is 10.9. The van der Waals surface area contributed by atoms with Crippen molar-refractivity contribution in [3.63, 3.8) is 0 Å². The SMILES string of the molecule is COC(=O)C(CC#Cc1ccc2c(c1)C1(C(=O)N2C(=O)NC(C)c2ccccc2)C(C(=O)NCC(O)c2ccccc2)C2C(=O)OC(c3ccccc3)C(c3ccccc3)N2C1c1ccccc1OCCO)C(=O)OC. The highest BCUT2D eigenvalue weighted by molar-refractivity contribution is 6.24. The summed E-state index contributed by atoms with van der Waals surface area (Å²) in [4.78, 5) is 91.9. The minimum absolute atomic E-state index is 0.0697. The van der Waals surface area contributed by atoms with Crippen LogP contribution in [-0.2, 0) is 43.6 Å². The Morgan fingerprint density at radius 2 is 1.34 bits per heavy atom. The van der Waals surface area contributed by atoms with Crippen LogP contribution in [0.1, 0.15) is 82.6 Å². The van der Waals surface area contributed by atoms with Gasteiger partial charge in [0.05, 0.1) is 56.7 Å². The molecule has 8 unspecified atom stereocenters. The number of cyclic esters (lactones) is 1. The molecule has 76 heavy (non-hydrogen) atoms. The van der Waals surface area contributed by atoms with Crippen molar-refractivity contribution in [1.82, 2.24) is 15.5 Å². The molecule has 3 aliphatic rings. The van der Waals surface area contributed by atoms with Crippen LogP contribution in [0, 0.1) is 23.7 Å². The number of carbonyl (C=O) groups is 6. The zero-order chi connectivity index (χ0) is 53.5. The minimum atomic E-state index is -2.26. The Morgan fingerprint density at radius 1 is 0.750 bits per heavy atom. The maximum absolute atomic E-state index is 16.8. The molecular weight excluding hydrogens is 969 g/mol. The summed E-state index contributed by atoms with van der Waals surface area (Å²) in [5, 5.41) is 27.6. The average molecular weight is 1030 g/mol. The maximum Gasteiger partial charge on any atom is 0.329 e. The van der Waals surface area contributed by atoms with Crippen molar-refractivity contribution >= 4 is 41.4 Å². The highest BCUT2D eigenvalue weighted by atomic mass is 16.6. The lowest BCUT2D eigenvalue weighted by Crippen LogP contribution is -2.56. The number of nitrogens with one attached hydrogen (secondary N) is 2. The van der Waals surface area contributed by atoms with E-state index in [1.807, 2.05) is 95.9 Å². The molecule has 0 aliphatic carbocycles. The molecule has 0 saturated carbocycles. The van der Waals surface area contributed by atoms with Gasteiger partial charge in [0.25, 0.3) is 0 Å². The molecule has 16 heteroatoms. The number of urea groups is 1. The van der Waals surface area contributed by atoms with E-state index in [-0.39, 0.29) is 48.7 Å². The van der Waals surface area contributed by atoms with E-state index >= 15 is 19.2 Å². The van der Waals surface area contributed by atoms with Gasteiger partial charge in [-0.3, -0.25) is 28.9 Å². The zero-order valence-corrected chi connectivity index (χ0v) is 41.9. The van der Waals surface area contributed by atoms with E-state index in [0.717, 1.165) is 24.7 Å². The molecule has 8 atom stereocenters. The van der Waals surface area contributed by atoms with Crippen molar-refractivity contribution in [2.24, 2.45) is 11.8 Å². The van der Waals surface area contributed by atoms with Gasteiger partial charge in [-0.15, -0.1) is 0 Å². The summed E-state index contributed by atoms with van der Waals surface area (Å²) in [7, 11) is 2.28. The quantitative estimate of drug-likeness (QED) is 0.0364. The molecule has 9 rings (SSSR count). The predicted octanol–water partition coefficient (Wildman–Crippen LogP) is 6.75. The number of methoxy groups -OCH3 is 2. The number of anilines is 1. The second-order valence-corrected chi connectivity index (χ2v) is 18.6. The second kappa shape index (κ2) is 22.9. The number of para-hydroxylation sites is 1. The van der Waals surface area contributed by atoms with Gasteiger partial charge in [0.1, 0.15) is 29.9 Å². The lowest BCUT2D eigenvalue weighted by molar-refractivity contribution is -0.178. The van der Waals surface area contributed by atoms with Gasteiger partial charge in [-0.1, -0.05) is 151 Å². The average Bonchev–Trinajstić information content (AvgIpc) is 4.12. The van der Waals surface area contributed by atoms with Gasteiger partial charge < -0.3 is 39.8 Å². The van der Waals surface area contributed by atoms with Crippen molar-refractivity contribution in [2.45, 2.75) is 55.1 Å². The Morgan fingerprint density at radius 3 is 1.97 bits per heavy atom. The Bertz CT molecular complexity index is 3150. The topological polar surface area (TPSA) is 210 Å². The number of aliphatic hydroxyl groups excluding tert-OH is 2. The first-order valence-electron chi connectivity index (χ1n) is 24.8. The molecule has 2 saturated heterocycles. The first kappa shape index (κ1) is 52.3. The fourth-order valence-electron chi connectivity index (χ4n) is 10.9. The number of fused-ring (bicyclic) bond motifs is 3. The number of hydrogen-bond acceptors (Lipinski definition) is 13. The molecule has 16 nitrogen and oxygen atoms in total. The van der Waals surface area contributed by atoms with Crippen LogP contribution < -0.4 is 20.3 Å². The molecule has 6 aromatic carbocycles. The third-order valence-corrected chi connectivity index (χ3v) is 14.3. The highest BCUT2D eigenvalue weighted by Crippen LogP contribution is 2.66. The number of hydrogen-bond donors (Lipinski definition) is 4. The molecule has 1 spiro atoms. The Kier molecular flexibility index (Phi) is 15.7. The molecule has 3 aliphatic heterocycles. The molecule has 2 fully saturated rings. The van der Waals surface area contributed by atoms with E-state index in [0.29, 0.717) is 22.3 Å². The number of imide groups is 1. The highest BCUT2D eigenvalue weighted by Gasteiger charge is 2.76. The molecule has 3 heterocycles. The summed E-state index contributed by atoms with van der Waals surface area (Å²) < 4.78 is 22.6. The second-order valence-electron chi connectivity index (χ2n) is 18.6. The maximum atomic E-state index is 16.8. The van der Waals surface area contributed by atoms with E-state index in [9.17, 15) is 19.8 Å². The van der Waals surface area contributed by atoms with Gasteiger partial charge in [0.15, 0.2) is 5.92 Å². The van der Waals surface area contributed by atoms with Crippen molar-refractivity contribution in [3.8, 4) is 17.6 Å². The third-order valence-electron chi connectivity index (χ3n) is 14.3. The summed E-state index contributed by atoms with van der Waals surface area (Å²) in [5.41, 5.74) is 1.01. The van der Waals surface area contributed by atoms with Crippen LogP contribution in [-0.4, -0.2) is 90.9 Å². The Labute approximate surface area is 439 Å². The van der Waals surface area contributed by atoms with Crippen LogP contribution in [0.15, 0.2) is 164 Å². The van der Waals surface area contributed by atoms with Gasteiger partial charge in [0.2, 0.25) is 11.8 Å². The van der Waals surface area contributed by atoms with E-state index in [2.05, 4.69) is 22.5 Å². The number of aliphatic hydroxyl groups is 2. The molecule has 4 N–H and O–H groups in total. The molecular formula is C60H56N4O12. The van der Waals surface area contributed by atoms with E-state index in [1.165, 1.54) is 6.07 Å². The van der Waals surface area contributed by atoms with E-state index in [4.69, 9.17) is 18.9 Å². The summed E-state index contributed by atoms with van der Waals surface area (Å²) in [6.07, 6.45) is -2.58. The lowest BCUT2D eigenvalue weighted by atomic mass is 9.65. The minimum Gasteiger partial charge on any atom is -0.491 e. The smallest absolute Gasteiger partial charge is 0.329 e. The van der Waals surface area contributed by atoms with Crippen molar-refractivity contribution in [3.05, 3.63) is 203 Å². The first-order valence-corrected chi connectivity index (χ1v) is 24.8. The zero-order valence-electron chi connectivity index (χ0n) is 41.9. The monoisotopic (exact) mass is 1020 g/mol. The van der Waals surface area contributed by atoms with E-state index < -0.39 is 89.4 Å². The fraction of sp³-hybridized carbons (Fsp3) is 0.267. The van der Waals surface area contributed by atoms with Crippen LogP contribution >= 0.6 is 0 Å². The Balaban J connectivity index is 1.34. The third kappa shape index (κ3) is 9.79. The van der Waals surface area contributed by atoms with Gasteiger partial charge in [-0.05, 0) is 59.0 Å². The number of rotatable bonds is 15. The van der Waals surface area contributed by atoms with Crippen LogP contribution in [0.5, 0.6) is 5.75 Å². The number of benzene rings is 6. The number of ether oxygens (including phenoxy) is 4. The predicted molar refractivity (Wildman–Crippen MR) is 278 cm³/mol. The van der Waals surface area contributed by atoms with Crippen LogP contribution in [0.2, 0.25) is 0 Å². The Hall–Kier alpha value is -8.62. The van der Waals surface area contributed by atoms with Crippen LogP contribution in [0.25, 0.3) is 0 Å². The van der Waals surface area contributed by atoms with Crippen molar-refractivity contribution in [2.75, 3.05) is 38.9 Å². The number of carbonyl (C=O) groups excluding carboxylic acids is 6. The molecule has 0 bridgehead atoms. The first-order chi connectivity index (χ1) is 36.9. The number of nitrogens with zero attached hydrogens (tertiary/aromatic N) is 2. The normalized spacial score (nSPS) is 21.3. The summed E-state index contributed by atoms with van der Waals surface area (Å²) in [5.74, 6) is -1.26. The largest absolute Gasteiger partial charge is 0.491 e. The van der Waals surface area contributed by atoms with Gasteiger partial charge >= 0.3 is 23.9 Å². The lowest BCUT2D eigenvalue weighted by Gasteiger charge is -2.46. The van der Waals surface area contributed by atoms with Gasteiger partial charge in [-0.2, -0.15) is 0 Å². The van der Waals surface area contributed by atoms with Crippen LogP contribution in [0.4, 0.5) is 10.5 Å². The molecule has 6 aromatic rings. The van der Waals surface area contributed by atoms with Crippen molar-refractivity contribution < 1.29 is 57.9 Å². The van der Waals surface area contributed by atoms with Crippen LogP contribution in [0.3, 0.4) is 0 Å². The standard InChI is InChI=1S/C60H56N4O12/c1-37(39-20-8-4-9-21-39)62-59(72)63-46-32-31-38(19-18-29-44(55(68)73-2)56(69)74-3)35-45(46)60(58(63)71)49(54(67)61-36-47(66)40-22-10-5-11-23-40)51-57(70)76-52(42-26-14-7-15-27-42)50(41-24-12-6-13-25-41)64(51)53(60)43-28-16-17-30-48(43)75-34-33-65/h4-17,20-28,30-32,35,37,44,47,49-53,65-66H,29,33-34,36H2,1-3H3,(H,61,67)(H,62,72). The van der Waals surface area contributed by atoms with Gasteiger partial charge in [-0.25, -0.2) is 9.69 Å². The number of morpholine rings is 1. The summed E-state index contributed by atoms with van der Waals surface area (Å²) >= 11 is 0. The number of amides is 4. The van der Waals surface area contributed by atoms with Gasteiger partial charge in [0, 0.05) is 24.1 Å². The molecule has 0 radical (unpaired) electrons. The summed E-state index contributed by atoms with van der Waals surface area (Å²) in [6, 6.07) is 42.4. The number of esters is 3. The molecule has 388 valence electrons. The molecule has 4 amide bonds. The van der Waals surface area contributed by atoms with E-state index in [1.54, 1.807) is 73.7 Å². The summed E-state index contributed by atoms with van der Waals surface area (Å²) in [6.45, 7) is 0.863. The van der Waals surface area contributed by atoms with Crippen molar-refractivity contribution in [1.29, 1.82) is 0 Å².